The van der Waals surface area contributed by atoms with Gasteiger partial charge in [0.25, 0.3) is 0 Å². The second-order valence-corrected chi connectivity index (χ2v) is 4.32. The molecular weight excluding hydrogens is 230 g/mol. The van der Waals surface area contributed by atoms with Crippen molar-refractivity contribution in [3.05, 3.63) is 35.4 Å². The molecule has 6 nitrogen and oxygen atoms in total. The molecule has 0 amide bonds. The molecule has 98 valence electrons. The highest BCUT2D eigenvalue weighted by atomic mass is 16.3. The van der Waals surface area contributed by atoms with E-state index in [1.54, 1.807) is 4.68 Å². The van der Waals surface area contributed by atoms with E-state index in [1.807, 2.05) is 30.3 Å². The second kappa shape index (κ2) is 5.79. The summed E-state index contributed by atoms with van der Waals surface area (Å²) in [6.07, 6.45) is 5.65. The quantitative estimate of drug-likeness (QED) is 0.768. The van der Waals surface area contributed by atoms with Crippen LogP contribution in [0.5, 0.6) is 0 Å². The van der Waals surface area contributed by atoms with Crippen LogP contribution < -0.4 is 5.32 Å². The highest BCUT2D eigenvalue weighted by Crippen LogP contribution is 2.05. The molecular formula is C12H19N5O. The fraction of sp³-hybridized carbons (Fsp3) is 0.500. The molecule has 18 heavy (non-hydrogen) atoms. The first-order chi connectivity index (χ1) is 8.70. The summed E-state index contributed by atoms with van der Waals surface area (Å²) >= 11 is 0. The largest absolute Gasteiger partial charge is 0.394 e. The third kappa shape index (κ3) is 2.96. The molecule has 0 saturated heterocycles. The lowest BCUT2D eigenvalue weighted by Gasteiger charge is -2.02. The van der Waals surface area contributed by atoms with E-state index in [4.69, 9.17) is 5.11 Å². The molecule has 2 aromatic rings. The molecule has 6 heteroatoms. The van der Waals surface area contributed by atoms with Crippen molar-refractivity contribution in [2.24, 2.45) is 7.05 Å². The fourth-order valence-electron chi connectivity index (χ4n) is 1.78. The summed E-state index contributed by atoms with van der Waals surface area (Å²) in [5.74, 6) is 0. The van der Waals surface area contributed by atoms with Crippen molar-refractivity contribution < 1.29 is 5.11 Å². The number of aryl methyl sites for hydroxylation is 1. The van der Waals surface area contributed by atoms with Crippen LogP contribution in [0, 0.1) is 6.92 Å². The maximum Gasteiger partial charge on any atom is 0.0640 e. The molecule has 0 aliphatic heterocycles. The Labute approximate surface area is 106 Å². The summed E-state index contributed by atoms with van der Waals surface area (Å²) in [5, 5.41) is 20.5. The number of aliphatic hydroxyl groups excluding tert-OH is 1. The summed E-state index contributed by atoms with van der Waals surface area (Å²) in [5.41, 5.74) is 3.50. The number of hydrogen-bond acceptors (Lipinski definition) is 4. The van der Waals surface area contributed by atoms with Gasteiger partial charge in [0, 0.05) is 43.2 Å². The van der Waals surface area contributed by atoms with Gasteiger partial charge in [0.1, 0.15) is 0 Å². The Balaban J connectivity index is 1.82. The third-order valence-electron chi connectivity index (χ3n) is 3.00. The molecule has 0 atom stereocenters. The normalized spacial score (nSPS) is 11.1. The highest BCUT2D eigenvalue weighted by molar-refractivity contribution is 5.15. The van der Waals surface area contributed by atoms with E-state index in [1.165, 1.54) is 11.3 Å². The first kappa shape index (κ1) is 12.8. The van der Waals surface area contributed by atoms with Crippen molar-refractivity contribution >= 4 is 0 Å². The van der Waals surface area contributed by atoms with Gasteiger partial charge in [-0.1, -0.05) is 0 Å². The molecule has 2 N–H and O–H groups in total. The molecule has 0 bridgehead atoms. The summed E-state index contributed by atoms with van der Waals surface area (Å²) in [6, 6.07) is 0. The van der Waals surface area contributed by atoms with E-state index in [9.17, 15) is 0 Å². The lowest BCUT2D eigenvalue weighted by molar-refractivity contribution is 0.269. The molecule has 0 aliphatic rings. The van der Waals surface area contributed by atoms with Crippen LogP contribution in [0.15, 0.2) is 18.6 Å². The number of aliphatic hydroxyl groups is 1. The average molecular weight is 249 g/mol. The van der Waals surface area contributed by atoms with Crippen LogP contribution in [0.1, 0.15) is 16.8 Å². The van der Waals surface area contributed by atoms with Crippen LogP contribution in [0.2, 0.25) is 0 Å². The molecule has 2 rings (SSSR count). The predicted octanol–water partition coefficient (Wildman–Crippen LogP) is 0.207. The van der Waals surface area contributed by atoms with Crippen molar-refractivity contribution in [1.82, 2.24) is 24.9 Å². The second-order valence-electron chi connectivity index (χ2n) is 4.32. The molecule has 0 unspecified atom stereocenters. The van der Waals surface area contributed by atoms with Crippen LogP contribution in [-0.4, -0.2) is 31.3 Å². The van der Waals surface area contributed by atoms with E-state index >= 15 is 0 Å². The number of nitrogens with zero attached hydrogens (tertiary/aromatic N) is 4. The SMILES string of the molecule is Cc1c(CNCc2cnn(CCO)c2)cnn1C. The Morgan fingerprint density at radius 2 is 2.11 bits per heavy atom. The molecule has 0 aliphatic carbocycles. The minimum absolute atomic E-state index is 0.115. The molecule has 0 radical (unpaired) electrons. The van der Waals surface area contributed by atoms with Gasteiger partial charge in [0.05, 0.1) is 25.5 Å². The number of aromatic nitrogens is 4. The fourth-order valence-corrected chi connectivity index (χ4v) is 1.78. The predicted molar refractivity (Wildman–Crippen MR) is 67.8 cm³/mol. The zero-order valence-corrected chi connectivity index (χ0v) is 10.8. The van der Waals surface area contributed by atoms with Gasteiger partial charge in [0.2, 0.25) is 0 Å². The smallest absolute Gasteiger partial charge is 0.0640 e. The van der Waals surface area contributed by atoms with Crippen molar-refractivity contribution in [1.29, 1.82) is 0 Å². The molecule has 0 spiro atoms. The van der Waals surface area contributed by atoms with Crippen LogP contribution >= 0.6 is 0 Å². The minimum Gasteiger partial charge on any atom is -0.394 e. The van der Waals surface area contributed by atoms with Crippen LogP contribution in [0.25, 0.3) is 0 Å². The Hall–Kier alpha value is -1.66. The standard InChI is InChI=1S/C12H19N5O/c1-10-12(8-14-16(10)2)7-13-5-11-6-15-17(9-11)3-4-18/h6,8-9,13,18H,3-5,7H2,1-2H3. The highest BCUT2D eigenvalue weighted by Gasteiger charge is 2.03. The number of hydrogen-bond donors (Lipinski definition) is 2. The molecule has 2 aromatic heterocycles. The maximum absolute atomic E-state index is 8.80. The van der Waals surface area contributed by atoms with E-state index in [-0.39, 0.29) is 6.61 Å². The first-order valence-electron chi connectivity index (χ1n) is 6.01. The van der Waals surface area contributed by atoms with Crippen LogP contribution in [0.3, 0.4) is 0 Å². The zero-order chi connectivity index (χ0) is 13.0. The van der Waals surface area contributed by atoms with Gasteiger partial charge in [-0.25, -0.2) is 0 Å². The lowest BCUT2D eigenvalue weighted by Crippen LogP contribution is -2.13. The van der Waals surface area contributed by atoms with Gasteiger partial charge in [-0.2, -0.15) is 10.2 Å². The Bertz CT molecular complexity index is 502. The molecule has 2 heterocycles. The molecule has 0 fully saturated rings. The van der Waals surface area contributed by atoms with Crippen molar-refractivity contribution in [3.63, 3.8) is 0 Å². The van der Waals surface area contributed by atoms with Gasteiger partial charge >= 0.3 is 0 Å². The van der Waals surface area contributed by atoms with E-state index in [0.29, 0.717) is 6.54 Å². The minimum atomic E-state index is 0.115. The monoisotopic (exact) mass is 249 g/mol. The van der Waals surface area contributed by atoms with Crippen molar-refractivity contribution in [2.45, 2.75) is 26.6 Å². The van der Waals surface area contributed by atoms with Crippen LogP contribution in [0.4, 0.5) is 0 Å². The maximum atomic E-state index is 8.80. The Morgan fingerprint density at radius 3 is 2.78 bits per heavy atom. The van der Waals surface area contributed by atoms with E-state index in [0.717, 1.165) is 18.7 Å². The lowest BCUT2D eigenvalue weighted by atomic mass is 10.2. The third-order valence-corrected chi connectivity index (χ3v) is 3.00. The molecule has 0 aromatic carbocycles. The van der Waals surface area contributed by atoms with Crippen LogP contribution in [-0.2, 0) is 26.7 Å². The summed E-state index contributed by atoms with van der Waals surface area (Å²) in [7, 11) is 1.94. The van der Waals surface area contributed by atoms with Gasteiger partial charge in [-0.15, -0.1) is 0 Å². The summed E-state index contributed by atoms with van der Waals surface area (Å²) in [4.78, 5) is 0. The topological polar surface area (TPSA) is 67.9 Å². The molecule has 0 saturated carbocycles. The zero-order valence-electron chi connectivity index (χ0n) is 10.8. The Kier molecular flexibility index (Phi) is 4.11. The van der Waals surface area contributed by atoms with Crippen molar-refractivity contribution in [3.8, 4) is 0 Å². The summed E-state index contributed by atoms with van der Waals surface area (Å²) < 4.78 is 3.61. The van der Waals surface area contributed by atoms with Gasteiger partial charge in [0.15, 0.2) is 0 Å². The van der Waals surface area contributed by atoms with E-state index in [2.05, 4.69) is 22.4 Å². The number of nitrogens with one attached hydrogen (secondary N) is 1. The Morgan fingerprint density at radius 1 is 1.28 bits per heavy atom. The number of rotatable bonds is 6. The first-order valence-corrected chi connectivity index (χ1v) is 6.01. The van der Waals surface area contributed by atoms with E-state index < -0.39 is 0 Å². The van der Waals surface area contributed by atoms with Crippen molar-refractivity contribution in [2.75, 3.05) is 6.61 Å². The summed E-state index contributed by atoms with van der Waals surface area (Å²) in [6.45, 7) is 4.28. The average Bonchev–Trinajstić information content (AvgIpc) is 2.91. The van der Waals surface area contributed by atoms with Gasteiger partial charge < -0.3 is 10.4 Å². The van der Waals surface area contributed by atoms with Gasteiger partial charge in [-0.05, 0) is 6.92 Å². The van der Waals surface area contributed by atoms with Gasteiger partial charge in [-0.3, -0.25) is 9.36 Å².